The van der Waals surface area contributed by atoms with E-state index in [1.807, 2.05) is 6.07 Å². The number of halogens is 1. The molecule has 0 N–H and O–H groups in total. The van der Waals surface area contributed by atoms with E-state index in [4.69, 9.17) is 4.74 Å². The molecule has 0 bridgehead atoms. The maximum absolute atomic E-state index is 13.0. The van der Waals surface area contributed by atoms with Gasteiger partial charge in [-0.25, -0.2) is 4.39 Å². The highest BCUT2D eigenvalue weighted by Crippen LogP contribution is 2.11. The molecule has 0 aliphatic carbocycles. The van der Waals surface area contributed by atoms with Gasteiger partial charge < -0.3 is 9.64 Å². The van der Waals surface area contributed by atoms with Crippen LogP contribution in [0.1, 0.15) is 29.4 Å². The standard InChI is InChI=1S/C18H19FN2O3/c1-2-24-17(22)10-12-21(13-16-5-3-4-11-20-16)18(23)14-6-8-15(19)9-7-14/h3-9,11H,2,10,12-13H2,1H3. The van der Waals surface area contributed by atoms with E-state index in [0.29, 0.717) is 17.9 Å². The molecule has 0 aliphatic heterocycles. The van der Waals surface area contributed by atoms with Crippen LogP contribution in [0.4, 0.5) is 4.39 Å². The third kappa shape index (κ3) is 5.15. The Morgan fingerprint density at radius 2 is 1.92 bits per heavy atom. The normalized spacial score (nSPS) is 10.2. The summed E-state index contributed by atoms with van der Waals surface area (Å²) in [6, 6.07) is 10.7. The smallest absolute Gasteiger partial charge is 0.307 e. The van der Waals surface area contributed by atoms with E-state index in [0.717, 1.165) is 0 Å². The Morgan fingerprint density at radius 1 is 1.17 bits per heavy atom. The first-order chi connectivity index (χ1) is 11.6. The zero-order valence-corrected chi connectivity index (χ0v) is 13.4. The lowest BCUT2D eigenvalue weighted by molar-refractivity contribution is -0.143. The van der Waals surface area contributed by atoms with E-state index < -0.39 is 5.82 Å². The van der Waals surface area contributed by atoms with Crippen molar-refractivity contribution in [1.29, 1.82) is 0 Å². The van der Waals surface area contributed by atoms with Crippen molar-refractivity contribution in [3.63, 3.8) is 0 Å². The molecular formula is C18H19FN2O3. The highest BCUT2D eigenvalue weighted by molar-refractivity contribution is 5.94. The molecule has 0 saturated heterocycles. The van der Waals surface area contributed by atoms with Crippen molar-refractivity contribution in [1.82, 2.24) is 9.88 Å². The van der Waals surface area contributed by atoms with Gasteiger partial charge >= 0.3 is 5.97 Å². The summed E-state index contributed by atoms with van der Waals surface area (Å²) in [5.41, 5.74) is 1.06. The molecule has 126 valence electrons. The summed E-state index contributed by atoms with van der Waals surface area (Å²) in [4.78, 5) is 29.9. The lowest BCUT2D eigenvalue weighted by Crippen LogP contribution is -2.33. The van der Waals surface area contributed by atoms with E-state index in [1.54, 1.807) is 25.3 Å². The van der Waals surface area contributed by atoms with E-state index in [-0.39, 0.29) is 31.4 Å². The second-order valence-electron chi connectivity index (χ2n) is 5.11. The molecule has 24 heavy (non-hydrogen) atoms. The summed E-state index contributed by atoms with van der Waals surface area (Å²) in [7, 11) is 0. The van der Waals surface area contributed by atoms with Crippen molar-refractivity contribution >= 4 is 11.9 Å². The summed E-state index contributed by atoms with van der Waals surface area (Å²) >= 11 is 0. The predicted molar refractivity (Wildman–Crippen MR) is 86.6 cm³/mol. The minimum Gasteiger partial charge on any atom is -0.466 e. The molecule has 2 aromatic rings. The minimum absolute atomic E-state index is 0.0909. The molecule has 0 radical (unpaired) electrons. The SMILES string of the molecule is CCOC(=O)CCN(Cc1ccccn1)C(=O)c1ccc(F)cc1. The maximum Gasteiger partial charge on any atom is 0.307 e. The molecule has 6 heteroatoms. The van der Waals surface area contributed by atoms with Gasteiger partial charge in [-0.3, -0.25) is 14.6 Å². The summed E-state index contributed by atoms with van der Waals surface area (Å²) in [5.74, 6) is -1.06. The summed E-state index contributed by atoms with van der Waals surface area (Å²) < 4.78 is 17.9. The van der Waals surface area contributed by atoms with Crippen LogP contribution in [-0.2, 0) is 16.1 Å². The van der Waals surface area contributed by atoms with Crippen molar-refractivity contribution in [3.8, 4) is 0 Å². The summed E-state index contributed by atoms with van der Waals surface area (Å²) in [6.45, 7) is 2.49. The first-order valence-electron chi connectivity index (χ1n) is 7.70. The number of pyridine rings is 1. The highest BCUT2D eigenvalue weighted by atomic mass is 19.1. The van der Waals surface area contributed by atoms with Crippen molar-refractivity contribution < 1.29 is 18.7 Å². The Bertz CT molecular complexity index is 674. The van der Waals surface area contributed by atoms with Crippen molar-refractivity contribution in [2.75, 3.05) is 13.2 Å². The molecule has 0 aliphatic rings. The van der Waals surface area contributed by atoms with Gasteiger partial charge in [0.1, 0.15) is 5.82 Å². The third-order valence-corrected chi connectivity index (χ3v) is 3.35. The molecule has 0 fully saturated rings. The molecule has 0 saturated carbocycles. The maximum atomic E-state index is 13.0. The number of hydrogen-bond acceptors (Lipinski definition) is 4. The van der Waals surface area contributed by atoms with Gasteiger partial charge in [-0.05, 0) is 43.3 Å². The molecule has 0 unspecified atom stereocenters. The Hall–Kier alpha value is -2.76. The van der Waals surface area contributed by atoms with E-state index in [2.05, 4.69) is 4.98 Å². The number of benzene rings is 1. The van der Waals surface area contributed by atoms with Gasteiger partial charge in [0, 0.05) is 18.3 Å². The molecule has 1 aromatic heterocycles. The average Bonchev–Trinajstić information content (AvgIpc) is 2.60. The molecule has 5 nitrogen and oxygen atoms in total. The zero-order valence-electron chi connectivity index (χ0n) is 13.4. The van der Waals surface area contributed by atoms with Gasteiger partial charge in [-0.2, -0.15) is 0 Å². The number of amides is 1. The van der Waals surface area contributed by atoms with Gasteiger partial charge in [0.05, 0.1) is 25.3 Å². The van der Waals surface area contributed by atoms with E-state index in [9.17, 15) is 14.0 Å². The van der Waals surface area contributed by atoms with E-state index in [1.165, 1.54) is 29.2 Å². The van der Waals surface area contributed by atoms with Crippen LogP contribution < -0.4 is 0 Å². The van der Waals surface area contributed by atoms with Crippen molar-refractivity contribution in [3.05, 3.63) is 65.7 Å². The lowest BCUT2D eigenvalue weighted by Gasteiger charge is -2.22. The van der Waals surface area contributed by atoms with Crippen LogP contribution in [0.3, 0.4) is 0 Å². The minimum atomic E-state index is -0.408. The molecule has 1 aromatic carbocycles. The fourth-order valence-corrected chi connectivity index (χ4v) is 2.17. The second kappa shape index (κ2) is 8.76. The first-order valence-corrected chi connectivity index (χ1v) is 7.70. The lowest BCUT2D eigenvalue weighted by atomic mass is 10.2. The summed E-state index contributed by atoms with van der Waals surface area (Å²) in [5, 5.41) is 0. The number of nitrogens with zero attached hydrogens (tertiary/aromatic N) is 2. The Morgan fingerprint density at radius 3 is 2.54 bits per heavy atom. The number of carbonyl (C=O) groups excluding carboxylic acids is 2. The quantitative estimate of drug-likeness (QED) is 0.733. The number of ether oxygens (including phenoxy) is 1. The monoisotopic (exact) mass is 330 g/mol. The topological polar surface area (TPSA) is 59.5 Å². The fourth-order valence-electron chi connectivity index (χ4n) is 2.17. The van der Waals surface area contributed by atoms with Gasteiger partial charge in [0.15, 0.2) is 0 Å². The number of aromatic nitrogens is 1. The number of carbonyl (C=O) groups is 2. The average molecular weight is 330 g/mol. The van der Waals surface area contributed by atoms with Gasteiger partial charge in [0.2, 0.25) is 0 Å². The fraction of sp³-hybridized carbons (Fsp3) is 0.278. The molecular weight excluding hydrogens is 311 g/mol. The van der Waals surface area contributed by atoms with Crippen LogP contribution in [0, 0.1) is 5.82 Å². The second-order valence-corrected chi connectivity index (χ2v) is 5.11. The molecule has 2 rings (SSSR count). The highest BCUT2D eigenvalue weighted by Gasteiger charge is 2.18. The van der Waals surface area contributed by atoms with Gasteiger partial charge in [-0.1, -0.05) is 6.07 Å². The van der Waals surface area contributed by atoms with Crippen LogP contribution in [0.2, 0.25) is 0 Å². The number of rotatable bonds is 7. The Balaban J connectivity index is 2.13. The van der Waals surface area contributed by atoms with Crippen molar-refractivity contribution in [2.45, 2.75) is 19.9 Å². The van der Waals surface area contributed by atoms with E-state index >= 15 is 0 Å². The van der Waals surface area contributed by atoms with Crippen LogP contribution in [-0.4, -0.2) is 34.9 Å². The molecule has 0 spiro atoms. The van der Waals surface area contributed by atoms with Crippen LogP contribution in [0.15, 0.2) is 48.7 Å². The Labute approximate surface area is 140 Å². The molecule has 1 heterocycles. The zero-order chi connectivity index (χ0) is 17.4. The molecule has 1 amide bonds. The summed E-state index contributed by atoms with van der Waals surface area (Å²) in [6.07, 6.45) is 1.73. The van der Waals surface area contributed by atoms with Gasteiger partial charge in [0.25, 0.3) is 5.91 Å². The van der Waals surface area contributed by atoms with Gasteiger partial charge in [-0.15, -0.1) is 0 Å². The van der Waals surface area contributed by atoms with Crippen LogP contribution in [0.25, 0.3) is 0 Å². The number of hydrogen-bond donors (Lipinski definition) is 0. The number of esters is 1. The Kier molecular flexibility index (Phi) is 6.42. The van der Waals surface area contributed by atoms with Crippen molar-refractivity contribution in [2.24, 2.45) is 0 Å². The van der Waals surface area contributed by atoms with Crippen LogP contribution in [0.5, 0.6) is 0 Å². The van der Waals surface area contributed by atoms with Crippen LogP contribution >= 0.6 is 0 Å². The third-order valence-electron chi connectivity index (χ3n) is 3.35. The molecule has 0 atom stereocenters. The first kappa shape index (κ1) is 17.6. The predicted octanol–water partition coefficient (Wildman–Crippen LogP) is 2.82. The largest absolute Gasteiger partial charge is 0.466 e.